The maximum Gasteiger partial charge on any atom is 0.262 e. The summed E-state index contributed by atoms with van der Waals surface area (Å²) in [5.41, 5.74) is 1.00. The summed E-state index contributed by atoms with van der Waals surface area (Å²) in [6.07, 6.45) is 2.84. The molecule has 2 aromatic rings. The van der Waals surface area contributed by atoms with Gasteiger partial charge in [0, 0.05) is 6.54 Å². The SMILES string of the molecule is CCCC(NC(=O)/C(C#N)=C/c1cccc(F)n1)c1ccc(OCCNC)cc1. The van der Waals surface area contributed by atoms with Crippen molar-refractivity contribution < 1.29 is 13.9 Å². The summed E-state index contributed by atoms with van der Waals surface area (Å²) in [4.78, 5) is 16.3. The first-order valence-electron chi connectivity index (χ1n) is 9.50. The maximum atomic E-state index is 13.2. The summed E-state index contributed by atoms with van der Waals surface area (Å²) in [7, 11) is 1.86. The summed E-state index contributed by atoms with van der Waals surface area (Å²) in [5.74, 6) is -0.441. The molecular formula is C22H25FN4O2. The molecule has 1 heterocycles. The van der Waals surface area contributed by atoms with Crippen LogP contribution in [0.15, 0.2) is 48.0 Å². The van der Waals surface area contributed by atoms with Gasteiger partial charge in [0.2, 0.25) is 5.95 Å². The second kappa shape index (κ2) is 11.6. The molecule has 0 aliphatic heterocycles. The van der Waals surface area contributed by atoms with Crippen molar-refractivity contribution in [3.05, 3.63) is 65.2 Å². The van der Waals surface area contributed by atoms with Crippen LogP contribution in [0, 0.1) is 17.3 Å². The number of halogens is 1. The van der Waals surface area contributed by atoms with Crippen molar-refractivity contribution in [2.75, 3.05) is 20.2 Å². The van der Waals surface area contributed by atoms with E-state index in [9.17, 15) is 14.4 Å². The lowest BCUT2D eigenvalue weighted by Crippen LogP contribution is -2.29. The molecule has 29 heavy (non-hydrogen) atoms. The number of rotatable bonds is 10. The topological polar surface area (TPSA) is 87.0 Å². The Kier molecular flexibility index (Phi) is 8.80. The minimum Gasteiger partial charge on any atom is -0.492 e. The van der Waals surface area contributed by atoms with Crippen LogP contribution in [0.5, 0.6) is 5.75 Å². The number of pyridine rings is 1. The molecule has 0 radical (unpaired) electrons. The number of benzene rings is 1. The molecule has 7 heteroatoms. The molecule has 0 aliphatic rings. The number of likely N-dealkylation sites (N-methyl/N-ethyl adjacent to an activating group) is 1. The van der Waals surface area contributed by atoms with Crippen molar-refractivity contribution in [2.24, 2.45) is 0 Å². The van der Waals surface area contributed by atoms with E-state index in [0.29, 0.717) is 13.0 Å². The Morgan fingerprint density at radius 3 is 2.69 bits per heavy atom. The summed E-state index contributed by atoms with van der Waals surface area (Å²) < 4.78 is 18.9. The highest BCUT2D eigenvalue weighted by Gasteiger charge is 2.17. The number of ether oxygens (including phenoxy) is 1. The summed E-state index contributed by atoms with van der Waals surface area (Å²) in [6, 6.07) is 13.3. The van der Waals surface area contributed by atoms with Crippen LogP contribution in [0.25, 0.3) is 6.08 Å². The van der Waals surface area contributed by atoms with Crippen molar-refractivity contribution in [3.8, 4) is 11.8 Å². The van der Waals surface area contributed by atoms with Gasteiger partial charge in [-0.05, 0) is 49.4 Å². The highest BCUT2D eigenvalue weighted by atomic mass is 19.1. The first-order valence-corrected chi connectivity index (χ1v) is 9.50. The second-order valence-electron chi connectivity index (χ2n) is 6.39. The highest BCUT2D eigenvalue weighted by molar-refractivity contribution is 6.01. The molecule has 1 unspecified atom stereocenters. The van der Waals surface area contributed by atoms with Crippen LogP contribution in [0.3, 0.4) is 0 Å². The van der Waals surface area contributed by atoms with Gasteiger partial charge in [-0.3, -0.25) is 4.79 Å². The van der Waals surface area contributed by atoms with E-state index in [2.05, 4.69) is 15.6 Å². The Morgan fingerprint density at radius 2 is 2.07 bits per heavy atom. The van der Waals surface area contributed by atoms with E-state index in [1.54, 1.807) is 0 Å². The third kappa shape index (κ3) is 7.01. The zero-order valence-electron chi connectivity index (χ0n) is 16.6. The quantitative estimate of drug-likeness (QED) is 0.278. The molecule has 0 saturated carbocycles. The van der Waals surface area contributed by atoms with Crippen LogP contribution in [0.2, 0.25) is 0 Å². The first kappa shape index (κ1) is 22.1. The van der Waals surface area contributed by atoms with Gasteiger partial charge in [-0.1, -0.05) is 31.5 Å². The zero-order chi connectivity index (χ0) is 21.1. The number of aromatic nitrogens is 1. The monoisotopic (exact) mass is 396 g/mol. The minimum atomic E-state index is -0.669. The van der Waals surface area contributed by atoms with Crippen LogP contribution in [-0.4, -0.2) is 31.1 Å². The number of carbonyl (C=O) groups excluding carboxylic acids is 1. The van der Waals surface area contributed by atoms with Gasteiger partial charge in [0.15, 0.2) is 0 Å². The fourth-order valence-corrected chi connectivity index (χ4v) is 2.71. The average Bonchev–Trinajstić information content (AvgIpc) is 2.72. The van der Waals surface area contributed by atoms with Crippen molar-refractivity contribution in [1.29, 1.82) is 5.26 Å². The van der Waals surface area contributed by atoms with Crippen molar-refractivity contribution in [3.63, 3.8) is 0 Å². The van der Waals surface area contributed by atoms with E-state index < -0.39 is 11.9 Å². The Morgan fingerprint density at radius 1 is 1.31 bits per heavy atom. The van der Waals surface area contributed by atoms with E-state index in [4.69, 9.17) is 4.74 Å². The highest BCUT2D eigenvalue weighted by Crippen LogP contribution is 2.22. The Hall–Kier alpha value is -3.24. The Bertz CT molecular complexity index is 875. The van der Waals surface area contributed by atoms with E-state index in [0.717, 1.165) is 24.3 Å². The number of nitrogens with zero attached hydrogens (tertiary/aromatic N) is 2. The summed E-state index contributed by atoms with van der Waals surface area (Å²) >= 11 is 0. The van der Waals surface area contributed by atoms with Crippen molar-refractivity contribution >= 4 is 12.0 Å². The number of hydrogen-bond donors (Lipinski definition) is 2. The van der Waals surface area contributed by atoms with Crippen LogP contribution < -0.4 is 15.4 Å². The number of amides is 1. The van der Waals surface area contributed by atoms with Gasteiger partial charge in [0.25, 0.3) is 5.91 Å². The molecule has 6 nitrogen and oxygen atoms in total. The number of nitrogens with one attached hydrogen (secondary N) is 2. The predicted molar refractivity (Wildman–Crippen MR) is 109 cm³/mol. The lowest BCUT2D eigenvalue weighted by Gasteiger charge is -2.19. The van der Waals surface area contributed by atoms with Gasteiger partial charge in [-0.25, -0.2) is 4.98 Å². The van der Waals surface area contributed by atoms with Crippen LogP contribution >= 0.6 is 0 Å². The molecule has 1 amide bonds. The van der Waals surface area contributed by atoms with E-state index >= 15 is 0 Å². The minimum absolute atomic E-state index is 0.128. The van der Waals surface area contributed by atoms with Crippen LogP contribution in [0.4, 0.5) is 4.39 Å². The van der Waals surface area contributed by atoms with Crippen LogP contribution in [0.1, 0.15) is 37.1 Å². The molecule has 2 rings (SSSR count). The largest absolute Gasteiger partial charge is 0.492 e. The molecule has 0 bridgehead atoms. The van der Waals surface area contributed by atoms with Gasteiger partial charge >= 0.3 is 0 Å². The molecule has 2 N–H and O–H groups in total. The zero-order valence-corrected chi connectivity index (χ0v) is 16.6. The van der Waals surface area contributed by atoms with Gasteiger partial charge in [-0.2, -0.15) is 9.65 Å². The molecule has 0 aliphatic carbocycles. The Labute approximate surface area is 170 Å². The fourth-order valence-electron chi connectivity index (χ4n) is 2.71. The van der Waals surface area contributed by atoms with Gasteiger partial charge < -0.3 is 15.4 Å². The maximum absolute atomic E-state index is 13.2. The first-order chi connectivity index (χ1) is 14.1. The third-order valence-corrected chi connectivity index (χ3v) is 4.18. The molecule has 1 aromatic carbocycles. The fraction of sp³-hybridized carbons (Fsp3) is 0.318. The summed E-state index contributed by atoms with van der Waals surface area (Å²) in [5, 5.41) is 15.3. The molecule has 0 spiro atoms. The molecule has 152 valence electrons. The predicted octanol–water partition coefficient (Wildman–Crippen LogP) is 3.38. The van der Waals surface area contributed by atoms with E-state index in [-0.39, 0.29) is 17.3 Å². The molecule has 0 saturated heterocycles. The van der Waals surface area contributed by atoms with E-state index in [1.165, 1.54) is 24.3 Å². The smallest absolute Gasteiger partial charge is 0.262 e. The number of hydrogen-bond acceptors (Lipinski definition) is 5. The van der Waals surface area contributed by atoms with E-state index in [1.807, 2.05) is 44.3 Å². The van der Waals surface area contributed by atoms with Crippen LogP contribution in [-0.2, 0) is 4.79 Å². The Balaban J connectivity index is 2.12. The lowest BCUT2D eigenvalue weighted by atomic mass is 10.0. The summed E-state index contributed by atoms with van der Waals surface area (Å²) in [6.45, 7) is 3.33. The molecule has 1 aromatic heterocycles. The standard InChI is InChI=1S/C22H25FN4O2/c1-3-5-20(16-8-10-19(11-9-16)29-13-12-25-2)27-22(28)17(15-24)14-18-6-4-7-21(23)26-18/h4,6-11,14,20,25H,3,5,12-13H2,1-2H3,(H,27,28)/b17-14+. The molecule has 0 fully saturated rings. The second-order valence-corrected chi connectivity index (χ2v) is 6.39. The molecule has 1 atom stereocenters. The average molecular weight is 396 g/mol. The van der Waals surface area contributed by atoms with Crippen molar-refractivity contribution in [1.82, 2.24) is 15.6 Å². The normalized spacial score (nSPS) is 12.1. The van der Waals surface area contributed by atoms with Gasteiger partial charge in [0.1, 0.15) is 24.0 Å². The lowest BCUT2D eigenvalue weighted by molar-refractivity contribution is -0.117. The van der Waals surface area contributed by atoms with Crippen molar-refractivity contribution in [2.45, 2.75) is 25.8 Å². The number of carbonyl (C=O) groups is 1. The number of nitriles is 1. The van der Waals surface area contributed by atoms with Gasteiger partial charge in [-0.15, -0.1) is 0 Å². The molecular weight excluding hydrogens is 371 g/mol. The third-order valence-electron chi connectivity index (χ3n) is 4.18. The van der Waals surface area contributed by atoms with Gasteiger partial charge in [0.05, 0.1) is 11.7 Å².